The molecule has 1 aromatic heterocycles. The lowest BCUT2D eigenvalue weighted by Crippen LogP contribution is -2.01. The highest BCUT2D eigenvalue weighted by molar-refractivity contribution is 7.09. The molecule has 0 amide bonds. The lowest BCUT2D eigenvalue weighted by Gasteiger charge is -2.10. The van der Waals surface area contributed by atoms with Gasteiger partial charge >= 0.3 is 0 Å². The average Bonchev–Trinajstić information content (AvgIpc) is 2.69. The minimum Gasteiger partial charge on any atom is -0.381 e. The van der Waals surface area contributed by atoms with Gasteiger partial charge in [-0.05, 0) is 30.2 Å². The SMILES string of the molecule is Cc1cc(F)ccc1C(O)c1nccs1. The van der Waals surface area contributed by atoms with Crippen LogP contribution in [0.25, 0.3) is 0 Å². The Bertz CT molecular complexity index is 456. The fourth-order valence-corrected chi connectivity index (χ4v) is 2.09. The molecule has 78 valence electrons. The third-order valence-electron chi connectivity index (χ3n) is 2.21. The number of aromatic nitrogens is 1. The number of nitrogens with zero attached hydrogens (tertiary/aromatic N) is 1. The van der Waals surface area contributed by atoms with Gasteiger partial charge in [-0.15, -0.1) is 11.3 Å². The van der Waals surface area contributed by atoms with E-state index in [1.165, 1.54) is 23.5 Å². The van der Waals surface area contributed by atoms with Crippen LogP contribution in [0.15, 0.2) is 29.8 Å². The summed E-state index contributed by atoms with van der Waals surface area (Å²) in [5.41, 5.74) is 1.43. The molecule has 1 N–H and O–H groups in total. The van der Waals surface area contributed by atoms with E-state index >= 15 is 0 Å². The van der Waals surface area contributed by atoms with Crippen LogP contribution >= 0.6 is 11.3 Å². The Labute approximate surface area is 91.0 Å². The molecule has 0 aliphatic rings. The van der Waals surface area contributed by atoms with Gasteiger partial charge in [0.05, 0.1) is 0 Å². The van der Waals surface area contributed by atoms with Crippen molar-refractivity contribution in [3.63, 3.8) is 0 Å². The van der Waals surface area contributed by atoms with Crippen molar-refractivity contribution >= 4 is 11.3 Å². The standard InChI is InChI=1S/C11H10FNOS/c1-7-6-8(12)2-3-9(7)10(14)11-13-4-5-15-11/h2-6,10,14H,1H3. The van der Waals surface area contributed by atoms with Crippen molar-refractivity contribution in [1.29, 1.82) is 0 Å². The van der Waals surface area contributed by atoms with E-state index in [4.69, 9.17) is 0 Å². The number of halogens is 1. The Morgan fingerprint density at radius 1 is 1.47 bits per heavy atom. The van der Waals surface area contributed by atoms with E-state index in [2.05, 4.69) is 4.98 Å². The zero-order valence-corrected chi connectivity index (χ0v) is 8.96. The fraction of sp³-hybridized carbons (Fsp3) is 0.182. The fourth-order valence-electron chi connectivity index (χ4n) is 1.45. The number of aliphatic hydroxyl groups excluding tert-OH is 1. The predicted octanol–water partition coefficient (Wildman–Crippen LogP) is 2.67. The highest BCUT2D eigenvalue weighted by Gasteiger charge is 2.15. The van der Waals surface area contributed by atoms with Crippen molar-refractivity contribution in [1.82, 2.24) is 4.98 Å². The van der Waals surface area contributed by atoms with E-state index in [9.17, 15) is 9.50 Å². The summed E-state index contributed by atoms with van der Waals surface area (Å²) in [5, 5.41) is 12.4. The molecule has 0 fully saturated rings. The molecule has 0 saturated carbocycles. The molecule has 15 heavy (non-hydrogen) atoms. The van der Waals surface area contributed by atoms with E-state index in [0.29, 0.717) is 10.6 Å². The lowest BCUT2D eigenvalue weighted by molar-refractivity contribution is 0.219. The van der Waals surface area contributed by atoms with Crippen LogP contribution in [-0.4, -0.2) is 10.1 Å². The van der Waals surface area contributed by atoms with Gasteiger partial charge in [0.25, 0.3) is 0 Å². The highest BCUT2D eigenvalue weighted by Crippen LogP contribution is 2.26. The third kappa shape index (κ3) is 2.06. The van der Waals surface area contributed by atoms with Crippen LogP contribution in [0.2, 0.25) is 0 Å². The maximum atomic E-state index is 12.9. The second-order valence-electron chi connectivity index (χ2n) is 3.27. The molecule has 2 nitrogen and oxygen atoms in total. The van der Waals surface area contributed by atoms with E-state index in [-0.39, 0.29) is 5.82 Å². The predicted molar refractivity (Wildman–Crippen MR) is 57.3 cm³/mol. The van der Waals surface area contributed by atoms with Gasteiger partial charge in [-0.1, -0.05) is 6.07 Å². The molecule has 1 unspecified atom stereocenters. The van der Waals surface area contributed by atoms with Gasteiger partial charge in [0.1, 0.15) is 16.9 Å². The zero-order valence-electron chi connectivity index (χ0n) is 8.14. The number of aliphatic hydroxyl groups is 1. The molecule has 0 aliphatic carbocycles. The monoisotopic (exact) mass is 223 g/mol. The van der Waals surface area contributed by atoms with Crippen LogP contribution < -0.4 is 0 Å². The smallest absolute Gasteiger partial charge is 0.131 e. The molecule has 0 spiro atoms. The molecule has 2 rings (SSSR count). The second kappa shape index (κ2) is 4.08. The molecule has 4 heteroatoms. The van der Waals surface area contributed by atoms with E-state index < -0.39 is 6.10 Å². The molecule has 2 aromatic rings. The van der Waals surface area contributed by atoms with Crippen molar-refractivity contribution in [2.75, 3.05) is 0 Å². The highest BCUT2D eigenvalue weighted by atomic mass is 32.1. The molecule has 1 heterocycles. The normalized spacial score (nSPS) is 12.7. The summed E-state index contributed by atoms with van der Waals surface area (Å²) in [7, 11) is 0. The van der Waals surface area contributed by atoms with Crippen LogP contribution in [0.1, 0.15) is 22.2 Å². The van der Waals surface area contributed by atoms with Crippen molar-refractivity contribution in [3.8, 4) is 0 Å². The number of aryl methyl sites for hydroxylation is 1. The molecule has 1 atom stereocenters. The minimum atomic E-state index is -0.759. The van der Waals surface area contributed by atoms with Crippen LogP contribution in [0.3, 0.4) is 0 Å². The van der Waals surface area contributed by atoms with Crippen LogP contribution in [0, 0.1) is 12.7 Å². The second-order valence-corrected chi connectivity index (χ2v) is 4.20. The van der Waals surface area contributed by atoms with Gasteiger partial charge in [0.2, 0.25) is 0 Å². The number of benzene rings is 1. The van der Waals surface area contributed by atoms with Crippen LogP contribution in [0.5, 0.6) is 0 Å². The van der Waals surface area contributed by atoms with E-state index in [1.54, 1.807) is 24.6 Å². The van der Waals surface area contributed by atoms with Crippen molar-refractivity contribution in [2.24, 2.45) is 0 Å². The Hall–Kier alpha value is -1.26. The summed E-state index contributed by atoms with van der Waals surface area (Å²) in [5.74, 6) is -0.289. The topological polar surface area (TPSA) is 33.1 Å². The Kier molecular flexibility index (Phi) is 2.79. The van der Waals surface area contributed by atoms with Crippen molar-refractivity contribution < 1.29 is 9.50 Å². The molecular weight excluding hydrogens is 213 g/mol. The molecule has 1 aromatic carbocycles. The van der Waals surface area contributed by atoms with Gasteiger partial charge in [-0.2, -0.15) is 0 Å². The molecule has 0 radical (unpaired) electrons. The molecule has 0 saturated heterocycles. The van der Waals surface area contributed by atoms with Gasteiger partial charge in [-0.25, -0.2) is 9.37 Å². The average molecular weight is 223 g/mol. The zero-order chi connectivity index (χ0) is 10.8. The largest absolute Gasteiger partial charge is 0.381 e. The maximum absolute atomic E-state index is 12.9. The first kappa shape index (κ1) is 10.3. The number of hydrogen-bond donors (Lipinski definition) is 1. The van der Waals surface area contributed by atoms with Gasteiger partial charge in [0, 0.05) is 11.6 Å². The van der Waals surface area contributed by atoms with Crippen LogP contribution in [0.4, 0.5) is 4.39 Å². The van der Waals surface area contributed by atoms with Crippen molar-refractivity contribution in [3.05, 3.63) is 51.7 Å². The van der Waals surface area contributed by atoms with Crippen molar-refractivity contribution in [2.45, 2.75) is 13.0 Å². The van der Waals surface area contributed by atoms with Gasteiger partial charge in [-0.3, -0.25) is 0 Å². The van der Waals surface area contributed by atoms with Gasteiger partial charge < -0.3 is 5.11 Å². The number of rotatable bonds is 2. The first-order valence-corrected chi connectivity index (χ1v) is 5.40. The third-order valence-corrected chi connectivity index (χ3v) is 3.04. The Balaban J connectivity index is 2.38. The molecular formula is C11H10FNOS. The summed E-state index contributed by atoms with van der Waals surface area (Å²) in [4.78, 5) is 4.03. The summed E-state index contributed by atoms with van der Waals surface area (Å²) in [6.07, 6.45) is 0.882. The summed E-state index contributed by atoms with van der Waals surface area (Å²) in [6.45, 7) is 1.77. The summed E-state index contributed by atoms with van der Waals surface area (Å²) < 4.78 is 12.9. The quantitative estimate of drug-likeness (QED) is 0.849. The van der Waals surface area contributed by atoms with Gasteiger partial charge in [0.15, 0.2) is 0 Å². The molecule has 0 aliphatic heterocycles. The van der Waals surface area contributed by atoms with Crippen LogP contribution in [-0.2, 0) is 0 Å². The number of thiazole rings is 1. The number of hydrogen-bond acceptors (Lipinski definition) is 3. The first-order valence-electron chi connectivity index (χ1n) is 4.52. The summed E-state index contributed by atoms with van der Waals surface area (Å²) >= 11 is 1.38. The van der Waals surface area contributed by atoms with E-state index in [1.807, 2.05) is 0 Å². The maximum Gasteiger partial charge on any atom is 0.131 e. The first-order chi connectivity index (χ1) is 7.18. The minimum absolute atomic E-state index is 0.289. The lowest BCUT2D eigenvalue weighted by atomic mass is 10.0. The Morgan fingerprint density at radius 2 is 2.27 bits per heavy atom. The summed E-state index contributed by atoms with van der Waals surface area (Å²) in [6, 6.07) is 4.35. The Morgan fingerprint density at radius 3 is 2.87 bits per heavy atom. The molecule has 0 bridgehead atoms. The van der Waals surface area contributed by atoms with E-state index in [0.717, 1.165) is 5.56 Å².